The maximum atomic E-state index is 13.3. The van der Waals surface area contributed by atoms with E-state index in [0.29, 0.717) is 5.91 Å². The number of pyridine rings is 1. The molecule has 2 saturated heterocycles. The fourth-order valence-corrected chi connectivity index (χ4v) is 6.16. The molecule has 6 rings (SSSR count). The first kappa shape index (κ1) is 23.7. The number of aryl methyl sites for hydroxylation is 1. The smallest absolute Gasteiger partial charge is 0.253 e. The largest absolute Gasteiger partial charge is 0.353 e. The summed E-state index contributed by atoms with van der Waals surface area (Å²) in [6.07, 6.45) is 4.62. The van der Waals surface area contributed by atoms with Gasteiger partial charge in [-0.2, -0.15) is 0 Å². The summed E-state index contributed by atoms with van der Waals surface area (Å²) < 4.78 is 0. The van der Waals surface area contributed by atoms with Crippen LogP contribution in [0.3, 0.4) is 0 Å². The van der Waals surface area contributed by atoms with Crippen molar-refractivity contribution in [3.05, 3.63) is 84.1 Å². The Hall–Kier alpha value is -3.67. The molecule has 1 spiro atoms. The van der Waals surface area contributed by atoms with Crippen molar-refractivity contribution in [2.75, 3.05) is 44.2 Å². The third-order valence-corrected chi connectivity index (χ3v) is 8.56. The minimum Gasteiger partial charge on any atom is -0.353 e. The van der Waals surface area contributed by atoms with Crippen LogP contribution in [0.5, 0.6) is 0 Å². The summed E-state index contributed by atoms with van der Waals surface area (Å²) >= 11 is 0. The van der Waals surface area contributed by atoms with Crippen molar-refractivity contribution in [2.45, 2.75) is 26.2 Å². The maximum absolute atomic E-state index is 13.3. The van der Waals surface area contributed by atoms with Crippen LogP contribution >= 0.6 is 0 Å². The van der Waals surface area contributed by atoms with Gasteiger partial charge >= 0.3 is 0 Å². The number of carbonyl (C=O) groups excluding carboxylic acids is 2. The lowest BCUT2D eigenvalue weighted by Gasteiger charge is -2.37. The zero-order chi connectivity index (χ0) is 25.4. The van der Waals surface area contributed by atoms with E-state index < -0.39 is 0 Å². The number of piperazine rings is 1. The number of amides is 2. The molecular formula is C31H34N4O2. The van der Waals surface area contributed by atoms with Crippen LogP contribution < -0.4 is 4.90 Å². The van der Waals surface area contributed by atoms with Crippen molar-refractivity contribution < 1.29 is 9.59 Å². The van der Waals surface area contributed by atoms with Gasteiger partial charge in [-0.15, -0.1) is 0 Å². The number of anilines is 1. The first-order chi connectivity index (χ1) is 18.0. The van der Waals surface area contributed by atoms with Crippen LogP contribution in [0.25, 0.3) is 11.1 Å². The molecule has 0 radical (unpaired) electrons. The minimum atomic E-state index is 0.0927. The molecule has 3 aromatic rings. The number of nitrogens with zero attached hydrogens (tertiary/aromatic N) is 4. The first-order valence-electron chi connectivity index (χ1n) is 13.4. The maximum Gasteiger partial charge on any atom is 0.253 e. The first-order valence-corrected chi connectivity index (χ1v) is 13.4. The minimum absolute atomic E-state index is 0.0927. The summed E-state index contributed by atoms with van der Waals surface area (Å²) in [5.41, 5.74) is 4.24. The van der Waals surface area contributed by atoms with Crippen LogP contribution in [0, 0.1) is 18.3 Å². The van der Waals surface area contributed by atoms with Gasteiger partial charge in [0.05, 0.1) is 0 Å². The van der Waals surface area contributed by atoms with Gasteiger partial charge in [-0.1, -0.05) is 48.0 Å². The predicted octanol–water partition coefficient (Wildman–Crippen LogP) is 4.65. The fourth-order valence-electron chi connectivity index (χ4n) is 6.16. The van der Waals surface area contributed by atoms with E-state index in [9.17, 15) is 9.59 Å². The Balaban J connectivity index is 1.03. The van der Waals surface area contributed by atoms with E-state index in [4.69, 9.17) is 0 Å². The average molecular weight is 495 g/mol. The number of benzene rings is 2. The SMILES string of the molecule is Cc1cccc(-c2cccc(C(=O)N3CCC4(CC3)C[C@H]4C(=O)N3CCN(c4ccccn4)CC3)c2)c1. The highest BCUT2D eigenvalue weighted by atomic mass is 16.2. The van der Waals surface area contributed by atoms with Gasteiger partial charge in [0.2, 0.25) is 5.91 Å². The van der Waals surface area contributed by atoms with Crippen molar-refractivity contribution in [2.24, 2.45) is 11.3 Å². The Labute approximate surface area is 218 Å². The molecule has 1 aromatic heterocycles. The molecule has 1 aliphatic carbocycles. The molecule has 3 heterocycles. The van der Waals surface area contributed by atoms with Gasteiger partial charge < -0.3 is 14.7 Å². The van der Waals surface area contributed by atoms with E-state index in [1.807, 2.05) is 52.4 Å². The van der Waals surface area contributed by atoms with E-state index in [1.165, 1.54) is 5.56 Å². The van der Waals surface area contributed by atoms with Crippen LogP contribution in [0.15, 0.2) is 72.9 Å². The van der Waals surface area contributed by atoms with Crippen molar-refractivity contribution >= 4 is 17.6 Å². The van der Waals surface area contributed by atoms with Gasteiger partial charge in [0.25, 0.3) is 5.91 Å². The molecule has 6 heteroatoms. The second-order valence-corrected chi connectivity index (χ2v) is 10.9. The molecule has 1 saturated carbocycles. The van der Waals surface area contributed by atoms with Gasteiger partial charge in [0.15, 0.2) is 0 Å². The Morgan fingerprint density at radius 1 is 0.811 bits per heavy atom. The lowest BCUT2D eigenvalue weighted by Crippen LogP contribution is -2.50. The van der Waals surface area contributed by atoms with Crippen LogP contribution in [-0.2, 0) is 4.79 Å². The van der Waals surface area contributed by atoms with Gasteiger partial charge in [0.1, 0.15) is 5.82 Å². The zero-order valence-corrected chi connectivity index (χ0v) is 21.5. The molecule has 190 valence electrons. The summed E-state index contributed by atoms with van der Waals surface area (Å²) in [5, 5.41) is 0. The number of likely N-dealkylation sites (tertiary alicyclic amines) is 1. The highest BCUT2D eigenvalue weighted by Gasteiger charge is 2.59. The number of rotatable bonds is 4. The average Bonchev–Trinajstić information content (AvgIpc) is 3.66. The van der Waals surface area contributed by atoms with E-state index in [0.717, 1.165) is 81.0 Å². The molecule has 3 fully saturated rings. The molecule has 0 unspecified atom stereocenters. The number of piperidine rings is 1. The summed E-state index contributed by atoms with van der Waals surface area (Å²) in [5.74, 6) is 1.51. The van der Waals surface area contributed by atoms with Crippen molar-refractivity contribution in [1.29, 1.82) is 0 Å². The second-order valence-electron chi connectivity index (χ2n) is 10.9. The number of hydrogen-bond donors (Lipinski definition) is 0. The molecule has 3 aliphatic rings. The van der Waals surface area contributed by atoms with Gasteiger partial charge in [-0.3, -0.25) is 9.59 Å². The highest BCUT2D eigenvalue weighted by molar-refractivity contribution is 5.95. The van der Waals surface area contributed by atoms with Crippen LogP contribution in [0.4, 0.5) is 5.82 Å². The Morgan fingerprint density at radius 2 is 1.54 bits per heavy atom. The number of hydrogen-bond acceptors (Lipinski definition) is 4. The van der Waals surface area contributed by atoms with Crippen molar-refractivity contribution in [3.8, 4) is 11.1 Å². The van der Waals surface area contributed by atoms with Crippen LogP contribution in [0.2, 0.25) is 0 Å². The molecule has 37 heavy (non-hydrogen) atoms. The second kappa shape index (κ2) is 9.66. The van der Waals surface area contributed by atoms with E-state index in [1.54, 1.807) is 0 Å². The van der Waals surface area contributed by atoms with Gasteiger partial charge in [0, 0.05) is 56.9 Å². The third-order valence-electron chi connectivity index (χ3n) is 8.56. The van der Waals surface area contributed by atoms with E-state index >= 15 is 0 Å². The predicted molar refractivity (Wildman–Crippen MR) is 145 cm³/mol. The molecular weight excluding hydrogens is 460 g/mol. The van der Waals surface area contributed by atoms with E-state index in [-0.39, 0.29) is 17.2 Å². The van der Waals surface area contributed by atoms with Crippen molar-refractivity contribution in [1.82, 2.24) is 14.8 Å². The summed E-state index contributed by atoms with van der Waals surface area (Å²) in [4.78, 5) is 37.4. The quantitative estimate of drug-likeness (QED) is 0.530. The summed E-state index contributed by atoms with van der Waals surface area (Å²) in [6.45, 7) is 6.70. The fraction of sp³-hybridized carbons (Fsp3) is 0.387. The van der Waals surface area contributed by atoms with Crippen LogP contribution in [0.1, 0.15) is 35.2 Å². The standard InChI is InChI=1S/C31H34N4O2/c1-23-6-4-7-24(20-23)25-8-5-9-26(21-25)29(36)34-14-11-31(12-15-34)22-27(31)30(37)35-18-16-33(17-19-35)28-10-2-3-13-32-28/h2-10,13,20-21,27H,11-12,14-19,22H2,1H3/t27-/m0/s1. The van der Waals surface area contributed by atoms with Crippen LogP contribution in [-0.4, -0.2) is 65.9 Å². The number of aromatic nitrogens is 1. The molecule has 0 N–H and O–H groups in total. The Morgan fingerprint density at radius 3 is 2.24 bits per heavy atom. The summed E-state index contributed by atoms with van der Waals surface area (Å²) in [6, 6.07) is 22.3. The topological polar surface area (TPSA) is 56.8 Å². The zero-order valence-electron chi connectivity index (χ0n) is 21.5. The summed E-state index contributed by atoms with van der Waals surface area (Å²) in [7, 11) is 0. The normalized spacial score (nSPS) is 20.7. The van der Waals surface area contributed by atoms with Gasteiger partial charge in [-0.25, -0.2) is 4.98 Å². The Bertz CT molecular complexity index is 1290. The lowest BCUT2D eigenvalue weighted by atomic mass is 9.90. The Kier molecular flexibility index (Phi) is 6.19. The molecule has 2 amide bonds. The molecule has 1 atom stereocenters. The third kappa shape index (κ3) is 4.73. The van der Waals surface area contributed by atoms with Gasteiger partial charge in [-0.05, 0) is 67.0 Å². The highest BCUT2D eigenvalue weighted by Crippen LogP contribution is 2.60. The molecule has 6 nitrogen and oxygen atoms in total. The van der Waals surface area contributed by atoms with E-state index in [2.05, 4.69) is 47.1 Å². The molecule has 2 aliphatic heterocycles. The lowest BCUT2D eigenvalue weighted by molar-refractivity contribution is -0.134. The van der Waals surface area contributed by atoms with Crippen molar-refractivity contribution in [3.63, 3.8) is 0 Å². The number of carbonyl (C=O) groups is 2. The molecule has 2 aromatic carbocycles. The monoisotopic (exact) mass is 494 g/mol. The molecule has 0 bridgehead atoms.